The zero-order valence-electron chi connectivity index (χ0n) is 24.3. The van der Waals surface area contributed by atoms with Crippen molar-refractivity contribution in [3.8, 4) is 17.0 Å². The van der Waals surface area contributed by atoms with E-state index < -0.39 is 17.5 Å². The largest absolute Gasteiger partial charge is 0.493 e. The molecule has 2 saturated heterocycles. The summed E-state index contributed by atoms with van der Waals surface area (Å²) < 4.78 is 48.4. The number of rotatable bonds is 8. The Kier molecular flexibility index (Phi) is 8.96. The normalized spacial score (nSPS) is 22.3. The fraction of sp³-hybridized carbons (Fsp3) is 0.581. The molecule has 2 aliphatic heterocycles. The average molecular weight is 588 g/mol. The third-order valence-electron chi connectivity index (χ3n) is 8.91. The lowest BCUT2D eigenvalue weighted by Gasteiger charge is -2.45. The predicted octanol–water partition coefficient (Wildman–Crippen LogP) is 4.79. The van der Waals surface area contributed by atoms with Gasteiger partial charge in [0, 0.05) is 43.8 Å². The highest BCUT2D eigenvalue weighted by Crippen LogP contribution is 2.52. The summed E-state index contributed by atoms with van der Waals surface area (Å²) in [5, 5.41) is 6.35. The van der Waals surface area contributed by atoms with E-state index in [4.69, 9.17) is 9.72 Å². The van der Waals surface area contributed by atoms with Crippen LogP contribution in [0.4, 0.5) is 18.9 Å². The molecule has 1 aromatic heterocycles. The van der Waals surface area contributed by atoms with E-state index in [1.165, 1.54) is 4.90 Å². The topological polar surface area (TPSA) is 86.8 Å². The number of halogens is 3. The summed E-state index contributed by atoms with van der Waals surface area (Å²) >= 11 is 0. The first-order valence-electron chi connectivity index (χ1n) is 15.1. The second kappa shape index (κ2) is 12.5. The van der Waals surface area contributed by atoms with Crippen molar-refractivity contribution >= 4 is 17.5 Å². The Bertz CT molecular complexity index is 1270. The summed E-state index contributed by atoms with van der Waals surface area (Å²) in [5.74, 6) is -0.446. The van der Waals surface area contributed by atoms with Crippen molar-refractivity contribution < 1.29 is 27.5 Å². The number of nitrogens with zero attached hydrogens (tertiary/aromatic N) is 3. The molecular formula is C31H40F3N5O3. The third kappa shape index (κ3) is 5.80. The molecule has 1 aliphatic carbocycles. The van der Waals surface area contributed by atoms with Gasteiger partial charge < -0.3 is 25.2 Å². The number of carbonyl (C=O) groups excluding carboxylic acids is 2. The van der Waals surface area contributed by atoms with Gasteiger partial charge in [0.25, 0.3) is 5.91 Å². The molecule has 2 N–H and O–H groups in total. The number of carbonyl (C=O) groups is 2. The molecule has 0 unspecified atom stereocenters. The molecule has 1 saturated carbocycles. The molecule has 3 heterocycles. The van der Waals surface area contributed by atoms with Gasteiger partial charge in [0.1, 0.15) is 11.2 Å². The molecule has 2 atom stereocenters. The summed E-state index contributed by atoms with van der Waals surface area (Å²) in [7, 11) is 0. The number of piperazine rings is 1. The molecule has 0 spiro atoms. The van der Waals surface area contributed by atoms with Gasteiger partial charge in [-0.1, -0.05) is 31.9 Å². The highest BCUT2D eigenvalue weighted by molar-refractivity contribution is 5.99. The predicted molar refractivity (Wildman–Crippen MR) is 155 cm³/mol. The van der Waals surface area contributed by atoms with E-state index in [2.05, 4.69) is 10.6 Å². The average Bonchev–Trinajstić information content (AvgIpc) is 3.70. The molecule has 228 valence electrons. The van der Waals surface area contributed by atoms with Crippen LogP contribution in [0.2, 0.25) is 0 Å². The lowest BCUT2D eigenvalue weighted by molar-refractivity contribution is -0.226. The molecular weight excluding hydrogens is 547 g/mol. The standard InChI is InChI=1S/C31H40F3N5O3/c1-3-22-20-38(29(41)30(31(32,33)34)14-7-8-15-30)17-18-39(22)25-12-11-24(23-9-5-6-10-26(23)42-4-2)37-27(25)28(40)36-21-13-16-35-19-21/h5-6,9-12,21-22,35H,3-4,7-8,13-20H2,1-2H3,(H,36,40)/t21-,22-/m1/s1. The molecule has 0 radical (unpaired) electrons. The van der Waals surface area contributed by atoms with Gasteiger partial charge in [-0.2, -0.15) is 13.2 Å². The van der Waals surface area contributed by atoms with Crippen molar-refractivity contribution in [1.29, 1.82) is 0 Å². The quantitative estimate of drug-likeness (QED) is 0.462. The molecule has 0 bridgehead atoms. The highest BCUT2D eigenvalue weighted by atomic mass is 19.4. The Morgan fingerprint density at radius 3 is 2.55 bits per heavy atom. The number of benzene rings is 1. The smallest absolute Gasteiger partial charge is 0.403 e. The Hall–Kier alpha value is -3.34. The Morgan fingerprint density at radius 1 is 1.12 bits per heavy atom. The van der Waals surface area contributed by atoms with Crippen LogP contribution < -0.4 is 20.3 Å². The van der Waals surface area contributed by atoms with Gasteiger partial charge in [-0.3, -0.25) is 9.59 Å². The fourth-order valence-corrected chi connectivity index (χ4v) is 6.60. The second-order valence-corrected chi connectivity index (χ2v) is 11.5. The van der Waals surface area contributed by atoms with Crippen molar-refractivity contribution in [1.82, 2.24) is 20.5 Å². The number of para-hydroxylation sites is 1. The van der Waals surface area contributed by atoms with E-state index in [9.17, 15) is 22.8 Å². The summed E-state index contributed by atoms with van der Waals surface area (Å²) in [4.78, 5) is 35.4. The molecule has 1 aromatic carbocycles. The van der Waals surface area contributed by atoms with Crippen LogP contribution in [0, 0.1) is 5.41 Å². The second-order valence-electron chi connectivity index (χ2n) is 11.5. The molecule has 3 aliphatic rings. The fourth-order valence-electron chi connectivity index (χ4n) is 6.60. The summed E-state index contributed by atoms with van der Waals surface area (Å²) in [6, 6.07) is 11.0. The maximum atomic E-state index is 14.2. The van der Waals surface area contributed by atoms with Crippen LogP contribution in [-0.4, -0.2) is 79.3 Å². The van der Waals surface area contributed by atoms with Crippen LogP contribution in [0.15, 0.2) is 36.4 Å². The molecule has 8 nitrogen and oxygen atoms in total. The van der Waals surface area contributed by atoms with Gasteiger partial charge in [-0.15, -0.1) is 0 Å². The van der Waals surface area contributed by atoms with E-state index in [1.54, 1.807) is 0 Å². The van der Waals surface area contributed by atoms with E-state index in [0.717, 1.165) is 18.5 Å². The maximum Gasteiger partial charge on any atom is 0.403 e. The molecule has 3 fully saturated rings. The van der Waals surface area contributed by atoms with Crippen molar-refractivity contribution in [3.63, 3.8) is 0 Å². The third-order valence-corrected chi connectivity index (χ3v) is 8.91. The molecule has 11 heteroatoms. The SMILES string of the molecule is CCOc1ccccc1-c1ccc(N2CCN(C(=O)C3(C(F)(F)F)CCCC3)C[C@H]2CC)c(C(=O)N[C@@H]2CCNC2)n1. The monoisotopic (exact) mass is 587 g/mol. The molecule has 5 rings (SSSR count). The van der Waals surface area contributed by atoms with E-state index in [0.29, 0.717) is 56.1 Å². The lowest BCUT2D eigenvalue weighted by atomic mass is 9.83. The number of aromatic nitrogens is 1. The lowest BCUT2D eigenvalue weighted by Crippen LogP contribution is -2.60. The zero-order valence-corrected chi connectivity index (χ0v) is 24.3. The van der Waals surface area contributed by atoms with E-state index >= 15 is 0 Å². The van der Waals surface area contributed by atoms with Crippen molar-refractivity contribution in [2.45, 2.75) is 70.6 Å². The van der Waals surface area contributed by atoms with Crippen LogP contribution in [0.25, 0.3) is 11.3 Å². The van der Waals surface area contributed by atoms with Crippen LogP contribution in [0.1, 0.15) is 62.9 Å². The molecule has 2 amide bonds. The minimum absolute atomic E-state index is 0.0204. The highest BCUT2D eigenvalue weighted by Gasteiger charge is 2.62. The minimum atomic E-state index is -4.57. The maximum absolute atomic E-state index is 14.2. The minimum Gasteiger partial charge on any atom is -0.493 e. The van der Waals surface area contributed by atoms with Crippen LogP contribution in [0.5, 0.6) is 5.75 Å². The van der Waals surface area contributed by atoms with Gasteiger partial charge in [-0.05, 0) is 63.4 Å². The Labute approximate surface area is 245 Å². The van der Waals surface area contributed by atoms with Crippen molar-refractivity contribution in [2.24, 2.45) is 5.41 Å². The number of hydrogen-bond donors (Lipinski definition) is 2. The van der Waals surface area contributed by atoms with Gasteiger partial charge in [0.15, 0.2) is 5.69 Å². The van der Waals surface area contributed by atoms with Crippen molar-refractivity contribution in [2.75, 3.05) is 44.2 Å². The van der Waals surface area contributed by atoms with Crippen LogP contribution in [0.3, 0.4) is 0 Å². The van der Waals surface area contributed by atoms with E-state index in [1.807, 2.05) is 55.1 Å². The number of amides is 2. The summed E-state index contributed by atoms with van der Waals surface area (Å²) in [6.45, 7) is 6.44. The number of ether oxygens (including phenoxy) is 1. The molecule has 2 aromatic rings. The van der Waals surface area contributed by atoms with Gasteiger partial charge >= 0.3 is 6.18 Å². The number of alkyl halides is 3. The first-order valence-corrected chi connectivity index (χ1v) is 15.1. The van der Waals surface area contributed by atoms with E-state index in [-0.39, 0.29) is 49.6 Å². The zero-order chi connectivity index (χ0) is 29.9. The number of anilines is 1. The van der Waals surface area contributed by atoms with Crippen LogP contribution in [-0.2, 0) is 4.79 Å². The van der Waals surface area contributed by atoms with Crippen molar-refractivity contribution in [3.05, 3.63) is 42.1 Å². The first-order chi connectivity index (χ1) is 20.2. The molecule has 42 heavy (non-hydrogen) atoms. The first kappa shape index (κ1) is 30.1. The van der Waals surface area contributed by atoms with Crippen LogP contribution >= 0.6 is 0 Å². The number of pyridine rings is 1. The summed E-state index contributed by atoms with van der Waals surface area (Å²) in [6.07, 6.45) is -2.66. The Balaban J connectivity index is 1.46. The number of hydrogen-bond acceptors (Lipinski definition) is 6. The summed E-state index contributed by atoms with van der Waals surface area (Å²) in [5.41, 5.74) is -0.0649. The number of nitrogens with one attached hydrogen (secondary N) is 2. The van der Waals surface area contributed by atoms with Gasteiger partial charge in [-0.25, -0.2) is 4.98 Å². The van der Waals surface area contributed by atoms with Gasteiger partial charge in [0.05, 0.1) is 18.0 Å². The van der Waals surface area contributed by atoms with Gasteiger partial charge in [0.2, 0.25) is 5.91 Å². The Morgan fingerprint density at radius 2 is 1.88 bits per heavy atom.